The number of anilines is 1. The molecule has 0 saturated heterocycles. The zero-order valence-electron chi connectivity index (χ0n) is 13.5. The van der Waals surface area contributed by atoms with Gasteiger partial charge < -0.3 is 10.1 Å². The van der Waals surface area contributed by atoms with E-state index in [4.69, 9.17) is 4.74 Å². The number of rotatable bonds is 6. The summed E-state index contributed by atoms with van der Waals surface area (Å²) in [6.07, 6.45) is 1.66. The third-order valence-corrected chi connectivity index (χ3v) is 4.18. The number of hydrogen-bond donors (Lipinski definition) is 1. The Hall–Kier alpha value is -2.93. The van der Waals surface area contributed by atoms with Crippen LogP contribution in [0.25, 0.3) is 11.3 Å². The van der Waals surface area contributed by atoms with E-state index in [0.717, 1.165) is 5.56 Å². The summed E-state index contributed by atoms with van der Waals surface area (Å²) in [4.78, 5) is 16.3. The molecule has 2 aromatic carbocycles. The first-order valence-corrected chi connectivity index (χ1v) is 8.55. The van der Waals surface area contributed by atoms with Crippen LogP contribution in [0.1, 0.15) is 0 Å². The van der Waals surface area contributed by atoms with E-state index in [1.54, 1.807) is 25.4 Å². The number of para-hydroxylation sites is 2. The van der Waals surface area contributed by atoms with E-state index >= 15 is 0 Å². The first kappa shape index (κ1) is 16.9. The van der Waals surface area contributed by atoms with Gasteiger partial charge in [-0.1, -0.05) is 54.2 Å². The molecule has 7 heteroatoms. The van der Waals surface area contributed by atoms with Crippen LogP contribution in [0.4, 0.5) is 5.69 Å². The van der Waals surface area contributed by atoms with Gasteiger partial charge in [-0.3, -0.25) is 4.79 Å². The van der Waals surface area contributed by atoms with Crippen molar-refractivity contribution in [1.82, 2.24) is 15.2 Å². The maximum absolute atomic E-state index is 12.1. The molecule has 3 rings (SSSR count). The SMILES string of the molecule is COc1ccccc1NC(=O)CSc1ncc(-c2ccccc2)nn1. The summed E-state index contributed by atoms with van der Waals surface area (Å²) in [7, 11) is 1.56. The third kappa shape index (κ3) is 4.54. The highest BCUT2D eigenvalue weighted by molar-refractivity contribution is 7.99. The molecule has 0 atom stereocenters. The van der Waals surface area contributed by atoms with Gasteiger partial charge in [0.1, 0.15) is 11.4 Å². The zero-order chi connectivity index (χ0) is 17.5. The number of nitrogens with one attached hydrogen (secondary N) is 1. The Labute approximate surface area is 149 Å². The van der Waals surface area contributed by atoms with Gasteiger partial charge in [0, 0.05) is 5.56 Å². The summed E-state index contributed by atoms with van der Waals surface area (Å²) in [5.74, 6) is 0.640. The van der Waals surface area contributed by atoms with Gasteiger partial charge in [-0.2, -0.15) is 0 Å². The van der Waals surface area contributed by atoms with Crippen molar-refractivity contribution >= 4 is 23.4 Å². The first-order chi connectivity index (χ1) is 12.3. The van der Waals surface area contributed by atoms with Crippen LogP contribution >= 0.6 is 11.8 Å². The number of carbonyl (C=O) groups is 1. The van der Waals surface area contributed by atoms with Gasteiger partial charge >= 0.3 is 0 Å². The summed E-state index contributed by atoms with van der Waals surface area (Å²) in [6, 6.07) is 16.9. The fourth-order valence-corrected chi connectivity index (χ4v) is 2.69. The molecule has 0 radical (unpaired) electrons. The molecule has 1 aromatic heterocycles. The molecule has 1 amide bonds. The van der Waals surface area contributed by atoms with Gasteiger partial charge in [0.2, 0.25) is 11.1 Å². The van der Waals surface area contributed by atoms with Crippen LogP contribution in [-0.4, -0.2) is 34.0 Å². The molecule has 0 unspecified atom stereocenters. The van der Waals surface area contributed by atoms with Gasteiger partial charge in [-0.25, -0.2) is 4.98 Å². The van der Waals surface area contributed by atoms with Gasteiger partial charge in [0.05, 0.1) is 24.7 Å². The van der Waals surface area contributed by atoms with Gasteiger partial charge in [-0.05, 0) is 12.1 Å². The van der Waals surface area contributed by atoms with Crippen molar-refractivity contribution in [3.8, 4) is 17.0 Å². The van der Waals surface area contributed by atoms with Crippen LogP contribution in [0.3, 0.4) is 0 Å². The predicted octanol–water partition coefficient (Wildman–Crippen LogP) is 3.28. The lowest BCUT2D eigenvalue weighted by Crippen LogP contribution is -2.15. The number of nitrogens with zero attached hydrogens (tertiary/aromatic N) is 3. The number of amides is 1. The number of benzene rings is 2. The Balaban J connectivity index is 1.57. The molecule has 126 valence electrons. The lowest BCUT2D eigenvalue weighted by atomic mass is 10.2. The Kier molecular flexibility index (Phi) is 5.58. The lowest BCUT2D eigenvalue weighted by molar-refractivity contribution is -0.113. The molecule has 0 aliphatic rings. The molecule has 0 saturated carbocycles. The maximum atomic E-state index is 12.1. The summed E-state index contributed by atoms with van der Waals surface area (Å²) < 4.78 is 5.21. The van der Waals surface area contributed by atoms with E-state index in [0.29, 0.717) is 22.3 Å². The van der Waals surface area contributed by atoms with Crippen LogP contribution in [0.5, 0.6) is 5.75 Å². The number of aromatic nitrogens is 3. The monoisotopic (exact) mass is 352 g/mol. The Morgan fingerprint density at radius 1 is 1.08 bits per heavy atom. The molecule has 1 N–H and O–H groups in total. The molecule has 0 spiro atoms. The summed E-state index contributed by atoms with van der Waals surface area (Å²) in [6.45, 7) is 0. The van der Waals surface area contributed by atoms with Crippen molar-refractivity contribution in [2.45, 2.75) is 5.16 Å². The molecule has 0 bridgehead atoms. The fourth-order valence-electron chi connectivity index (χ4n) is 2.14. The molecule has 1 heterocycles. The van der Waals surface area contributed by atoms with Crippen LogP contribution in [0.2, 0.25) is 0 Å². The Morgan fingerprint density at radius 2 is 1.84 bits per heavy atom. The van der Waals surface area contributed by atoms with Crippen LogP contribution in [-0.2, 0) is 4.79 Å². The van der Waals surface area contributed by atoms with Crippen molar-refractivity contribution in [3.63, 3.8) is 0 Å². The summed E-state index contributed by atoms with van der Waals surface area (Å²) in [5.41, 5.74) is 2.28. The first-order valence-electron chi connectivity index (χ1n) is 7.57. The van der Waals surface area contributed by atoms with Crippen LogP contribution in [0.15, 0.2) is 66.0 Å². The van der Waals surface area contributed by atoms with E-state index in [1.165, 1.54) is 11.8 Å². The summed E-state index contributed by atoms with van der Waals surface area (Å²) >= 11 is 1.23. The average Bonchev–Trinajstić information content (AvgIpc) is 2.68. The van der Waals surface area contributed by atoms with Crippen molar-refractivity contribution in [2.75, 3.05) is 18.2 Å². The molecular formula is C18H16N4O2S. The number of methoxy groups -OCH3 is 1. The van der Waals surface area contributed by atoms with E-state index in [-0.39, 0.29) is 11.7 Å². The quantitative estimate of drug-likeness (QED) is 0.686. The lowest BCUT2D eigenvalue weighted by Gasteiger charge is -2.09. The highest BCUT2D eigenvalue weighted by atomic mass is 32.2. The maximum Gasteiger partial charge on any atom is 0.234 e. The second kappa shape index (κ2) is 8.25. The van der Waals surface area contributed by atoms with Crippen LogP contribution in [0, 0.1) is 0 Å². The number of ether oxygens (including phenoxy) is 1. The molecule has 0 aliphatic carbocycles. The van der Waals surface area contributed by atoms with Crippen molar-refractivity contribution in [3.05, 3.63) is 60.8 Å². The van der Waals surface area contributed by atoms with E-state index in [2.05, 4.69) is 20.5 Å². The molecular weight excluding hydrogens is 336 g/mol. The van der Waals surface area contributed by atoms with Crippen LogP contribution < -0.4 is 10.1 Å². The van der Waals surface area contributed by atoms with E-state index < -0.39 is 0 Å². The van der Waals surface area contributed by atoms with Gasteiger partial charge in [0.15, 0.2) is 0 Å². The van der Waals surface area contributed by atoms with Crippen molar-refractivity contribution in [2.24, 2.45) is 0 Å². The number of thioether (sulfide) groups is 1. The van der Waals surface area contributed by atoms with Gasteiger partial charge in [-0.15, -0.1) is 10.2 Å². The van der Waals surface area contributed by atoms with Gasteiger partial charge in [0.25, 0.3) is 0 Å². The standard InChI is InChI=1S/C18H16N4O2S/c1-24-16-10-6-5-9-14(16)20-17(23)12-25-18-19-11-15(21-22-18)13-7-3-2-4-8-13/h2-11H,12H2,1H3,(H,20,23). The summed E-state index contributed by atoms with van der Waals surface area (Å²) in [5, 5.41) is 11.5. The molecule has 0 fully saturated rings. The minimum absolute atomic E-state index is 0.162. The van der Waals surface area contributed by atoms with Crippen molar-refractivity contribution in [1.29, 1.82) is 0 Å². The molecule has 0 aliphatic heterocycles. The molecule has 6 nitrogen and oxygen atoms in total. The minimum Gasteiger partial charge on any atom is -0.495 e. The highest BCUT2D eigenvalue weighted by Gasteiger charge is 2.09. The minimum atomic E-state index is -0.162. The highest BCUT2D eigenvalue weighted by Crippen LogP contribution is 2.23. The molecule has 3 aromatic rings. The number of hydrogen-bond acceptors (Lipinski definition) is 6. The average molecular weight is 352 g/mol. The topological polar surface area (TPSA) is 77.0 Å². The van der Waals surface area contributed by atoms with E-state index in [9.17, 15) is 4.79 Å². The second-order valence-corrected chi connectivity index (χ2v) is 5.97. The number of carbonyl (C=O) groups excluding carboxylic acids is 1. The third-order valence-electron chi connectivity index (χ3n) is 3.32. The normalized spacial score (nSPS) is 10.3. The Morgan fingerprint density at radius 3 is 2.56 bits per heavy atom. The predicted molar refractivity (Wildman–Crippen MR) is 97.6 cm³/mol. The fraction of sp³-hybridized carbons (Fsp3) is 0.111. The smallest absolute Gasteiger partial charge is 0.234 e. The Bertz CT molecular complexity index is 841. The zero-order valence-corrected chi connectivity index (χ0v) is 14.4. The second-order valence-electron chi connectivity index (χ2n) is 5.03. The van der Waals surface area contributed by atoms with E-state index in [1.807, 2.05) is 42.5 Å². The molecule has 25 heavy (non-hydrogen) atoms. The van der Waals surface area contributed by atoms with Crippen molar-refractivity contribution < 1.29 is 9.53 Å². The largest absolute Gasteiger partial charge is 0.495 e.